The van der Waals surface area contributed by atoms with Gasteiger partial charge in [0.1, 0.15) is 5.25 Å². The first-order valence-electron chi connectivity index (χ1n) is 4.24. The van der Waals surface area contributed by atoms with Gasteiger partial charge in [-0.1, -0.05) is 30.3 Å². The van der Waals surface area contributed by atoms with E-state index in [1.165, 1.54) is 13.0 Å². The Labute approximate surface area is 94.1 Å². The monoisotopic (exact) mass is 246 g/mol. The van der Waals surface area contributed by atoms with Crippen LogP contribution in [0.4, 0.5) is 0 Å². The Morgan fingerprint density at radius 1 is 1.53 bits per heavy atom. The second kappa shape index (κ2) is 4.35. The van der Waals surface area contributed by atoms with Crippen molar-refractivity contribution < 1.29 is 13.0 Å². The van der Waals surface area contributed by atoms with Crippen molar-refractivity contribution in [2.45, 2.75) is 12.2 Å². The summed E-state index contributed by atoms with van der Waals surface area (Å²) in [7, 11) is -4.09. The maximum absolute atomic E-state index is 11.0. The number of benzene rings is 1. The third kappa shape index (κ3) is 2.81. The van der Waals surface area contributed by atoms with Gasteiger partial charge < -0.3 is 0 Å². The average molecular weight is 247 g/mol. The van der Waals surface area contributed by atoms with Crippen LogP contribution in [0.25, 0.3) is 6.08 Å². The molecule has 5 heteroatoms. The zero-order valence-corrected chi connectivity index (χ0v) is 9.72. The first kappa shape index (κ1) is 12.2. The van der Waals surface area contributed by atoms with Crippen molar-refractivity contribution in [1.82, 2.24) is 0 Å². The normalized spacial score (nSPS) is 13.5. The predicted molar refractivity (Wildman–Crippen MR) is 61.5 cm³/mol. The third-order valence-electron chi connectivity index (χ3n) is 2.15. The molecule has 82 valence electrons. The first-order valence-corrected chi connectivity index (χ1v) is 6.12. The summed E-state index contributed by atoms with van der Waals surface area (Å²) in [5.41, 5.74) is 1.09. The molecule has 0 bridgehead atoms. The van der Waals surface area contributed by atoms with Crippen molar-refractivity contribution in [3.8, 4) is 0 Å². The van der Waals surface area contributed by atoms with Gasteiger partial charge in [0.25, 0.3) is 10.1 Å². The number of halogens is 1. The average Bonchev–Trinajstić information content (AvgIpc) is 2.15. The molecule has 15 heavy (non-hydrogen) atoms. The maximum atomic E-state index is 11.0. The fraction of sp³-hybridized carbons (Fsp3) is 0.200. The van der Waals surface area contributed by atoms with E-state index in [-0.39, 0.29) is 0 Å². The lowest BCUT2D eigenvalue weighted by Gasteiger charge is -2.11. The van der Waals surface area contributed by atoms with Gasteiger partial charge in [0.2, 0.25) is 0 Å². The van der Waals surface area contributed by atoms with Crippen LogP contribution in [0.1, 0.15) is 23.3 Å². The summed E-state index contributed by atoms with van der Waals surface area (Å²) in [5.74, 6) is 0. The van der Waals surface area contributed by atoms with Gasteiger partial charge in [-0.25, -0.2) is 0 Å². The summed E-state index contributed by atoms with van der Waals surface area (Å²) in [4.78, 5) is 0. The second-order valence-corrected chi connectivity index (χ2v) is 5.31. The molecule has 0 aromatic heterocycles. The van der Waals surface area contributed by atoms with E-state index >= 15 is 0 Å². The molecule has 1 aromatic rings. The lowest BCUT2D eigenvalue weighted by Crippen LogP contribution is -2.09. The summed E-state index contributed by atoms with van der Waals surface area (Å²) < 4.78 is 30.9. The molecule has 0 aliphatic heterocycles. The topological polar surface area (TPSA) is 54.4 Å². The smallest absolute Gasteiger partial charge is 0.271 e. The highest BCUT2D eigenvalue weighted by Crippen LogP contribution is 2.27. The van der Waals surface area contributed by atoms with Gasteiger partial charge in [0, 0.05) is 5.02 Å². The molecule has 3 nitrogen and oxygen atoms in total. The van der Waals surface area contributed by atoms with Crippen LogP contribution < -0.4 is 0 Å². The van der Waals surface area contributed by atoms with Crippen molar-refractivity contribution in [1.29, 1.82) is 0 Å². The molecule has 0 saturated heterocycles. The minimum absolute atomic E-state index is 0.483. The van der Waals surface area contributed by atoms with E-state index in [2.05, 4.69) is 6.58 Å². The zero-order valence-electron chi connectivity index (χ0n) is 8.14. The van der Waals surface area contributed by atoms with Crippen LogP contribution in [0.3, 0.4) is 0 Å². The Bertz CT molecular complexity index is 479. The zero-order chi connectivity index (χ0) is 11.6. The maximum Gasteiger partial charge on any atom is 0.271 e. The molecule has 0 radical (unpaired) electrons. The van der Waals surface area contributed by atoms with Gasteiger partial charge in [-0.15, -0.1) is 0 Å². The molecule has 0 saturated carbocycles. The van der Waals surface area contributed by atoms with Gasteiger partial charge in [0.05, 0.1) is 0 Å². The van der Waals surface area contributed by atoms with Crippen LogP contribution in [0.15, 0.2) is 24.8 Å². The molecule has 1 atom stereocenters. The van der Waals surface area contributed by atoms with E-state index in [1.54, 1.807) is 18.2 Å². The lowest BCUT2D eigenvalue weighted by atomic mass is 10.1. The lowest BCUT2D eigenvalue weighted by molar-refractivity contribution is 0.472. The van der Waals surface area contributed by atoms with Crippen molar-refractivity contribution in [3.05, 3.63) is 40.9 Å². The second-order valence-electron chi connectivity index (χ2n) is 3.13. The van der Waals surface area contributed by atoms with Crippen LogP contribution in [0, 0.1) is 0 Å². The van der Waals surface area contributed by atoms with Crippen LogP contribution in [-0.2, 0) is 10.1 Å². The molecular weight excluding hydrogens is 236 g/mol. The third-order valence-corrected chi connectivity index (χ3v) is 3.54. The predicted octanol–water partition coefficient (Wildman–Crippen LogP) is 2.93. The molecule has 0 spiro atoms. The summed E-state index contributed by atoms with van der Waals surface area (Å²) in [6.07, 6.45) is 1.50. The standard InChI is InChI=1S/C10H11ClO3S/c1-3-8-6-9(11)4-5-10(8)7(2)15(12,13)14/h3-7H,1H2,2H3,(H,12,13,14). The molecule has 0 aliphatic rings. The Kier molecular flexibility index (Phi) is 3.54. The van der Waals surface area contributed by atoms with Crippen molar-refractivity contribution >= 4 is 27.8 Å². The van der Waals surface area contributed by atoms with Crippen LogP contribution in [0.2, 0.25) is 5.02 Å². The van der Waals surface area contributed by atoms with E-state index in [0.717, 1.165) is 0 Å². The molecular formula is C10H11ClO3S. The van der Waals surface area contributed by atoms with E-state index in [4.69, 9.17) is 16.2 Å². The van der Waals surface area contributed by atoms with E-state index < -0.39 is 15.4 Å². The van der Waals surface area contributed by atoms with E-state index in [9.17, 15) is 8.42 Å². The van der Waals surface area contributed by atoms with E-state index in [0.29, 0.717) is 16.1 Å². The molecule has 0 fully saturated rings. The van der Waals surface area contributed by atoms with Gasteiger partial charge in [-0.05, 0) is 30.2 Å². The molecule has 1 unspecified atom stereocenters. The highest BCUT2D eigenvalue weighted by molar-refractivity contribution is 7.86. The van der Waals surface area contributed by atoms with Crippen LogP contribution in [0.5, 0.6) is 0 Å². The molecule has 0 aliphatic carbocycles. The fourth-order valence-electron chi connectivity index (χ4n) is 1.25. The Hall–Kier alpha value is -0.840. The number of rotatable bonds is 3. The summed E-state index contributed by atoms with van der Waals surface area (Å²) in [6, 6.07) is 4.74. The van der Waals surface area contributed by atoms with Crippen molar-refractivity contribution in [3.63, 3.8) is 0 Å². The molecule has 1 rings (SSSR count). The number of hydrogen-bond donors (Lipinski definition) is 1. The summed E-state index contributed by atoms with van der Waals surface area (Å²) in [6.45, 7) is 4.97. The van der Waals surface area contributed by atoms with Crippen molar-refractivity contribution in [2.75, 3.05) is 0 Å². The Morgan fingerprint density at radius 2 is 2.13 bits per heavy atom. The molecule has 1 aromatic carbocycles. The van der Waals surface area contributed by atoms with Gasteiger partial charge in [-0.2, -0.15) is 8.42 Å². The van der Waals surface area contributed by atoms with Crippen LogP contribution >= 0.6 is 11.6 Å². The summed E-state index contributed by atoms with van der Waals surface area (Å²) in [5, 5.41) is -0.487. The highest BCUT2D eigenvalue weighted by atomic mass is 35.5. The minimum Gasteiger partial charge on any atom is -0.285 e. The van der Waals surface area contributed by atoms with E-state index in [1.807, 2.05) is 0 Å². The number of hydrogen-bond acceptors (Lipinski definition) is 2. The minimum atomic E-state index is -4.09. The van der Waals surface area contributed by atoms with Gasteiger partial charge in [0.15, 0.2) is 0 Å². The SMILES string of the molecule is C=Cc1cc(Cl)ccc1C(C)S(=O)(=O)O. The Balaban J connectivity index is 3.32. The molecule has 0 amide bonds. The first-order chi connectivity index (χ1) is 6.86. The summed E-state index contributed by atoms with van der Waals surface area (Å²) >= 11 is 5.75. The van der Waals surface area contributed by atoms with Crippen molar-refractivity contribution in [2.24, 2.45) is 0 Å². The fourth-order valence-corrected chi connectivity index (χ4v) is 1.97. The molecule has 1 N–H and O–H groups in total. The highest BCUT2D eigenvalue weighted by Gasteiger charge is 2.21. The quantitative estimate of drug-likeness (QED) is 0.835. The molecule has 0 heterocycles. The largest absolute Gasteiger partial charge is 0.285 e. The Morgan fingerprint density at radius 3 is 2.60 bits per heavy atom. The van der Waals surface area contributed by atoms with Gasteiger partial charge in [-0.3, -0.25) is 4.55 Å². The van der Waals surface area contributed by atoms with Crippen LogP contribution in [-0.4, -0.2) is 13.0 Å². The van der Waals surface area contributed by atoms with Gasteiger partial charge >= 0.3 is 0 Å².